The second kappa shape index (κ2) is 46.0. The van der Waals surface area contributed by atoms with Gasteiger partial charge in [0.15, 0.2) is 0 Å². The smallest absolute Gasteiger partial charge is 0.0683 e. The maximum atomic E-state index is 2.45. The van der Waals surface area contributed by atoms with Crippen LogP contribution in [0.1, 0.15) is 302 Å². The van der Waals surface area contributed by atoms with Crippen molar-refractivity contribution in [2.75, 3.05) is 0 Å². The fraction of sp³-hybridized carbons (Fsp3) is 0.218. The Morgan fingerprint density at radius 3 is 0.541 bits per heavy atom. The van der Waals surface area contributed by atoms with Crippen LogP contribution in [0.25, 0.3) is 93.1 Å². The van der Waals surface area contributed by atoms with Gasteiger partial charge in [-0.25, -0.2) is 0 Å². The Labute approximate surface area is 800 Å². The van der Waals surface area contributed by atoms with Crippen LogP contribution in [0, 0.1) is 0 Å². The van der Waals surface area contributed by atoms with Crippen molar-refractivity contribution in [1.82, 2.24) is 0 Å². The fourth-order valence-electron chi connectivity index (χ4n) is 21.4. The van der Waals surface area contributed by atoms with Crippen LogP contribution in [0.5, 0.6) is 0 Å². The zero-order chi connectivity index (χ0) is 94.8. The molecule has 0 radical (unpaired) electrons. The van der Waals surface area contributed by atoms with E-state index in [1.165, 1.54) is 201 Å². The van der Waals surface area contributed by atoms with Crippen LogP contribution in [-0.2, 0) is 40.9 Å². The standard InChI is InChI=1S/3C29H22.C27H18.C3H8.8C2H6/c1-2-20-15-18-26-22(19-20)17-16-21-9-3-6-12-25(21)29(26)27-13-7-4-10-23(27)24-11-5-8-14-28(24)29;1-2-20-15-18-24-23-11-5-8-14-27(23)29(28(24)19-20)25-12-6-3-9-21(25)16-17-22-10-4-7-13-26(22)29;1-2-20-15-16-22-18-17-21-9-3-6-12-25(21)29(28(22)19-20)26-13-7-4-10-23(26)24-11-5-8-14-27(24)29;1-5-13-23-19(9-1)17-18-20-10-2-6-14-24(20)27(23)25-15-7-3-11-21(25)22-12-4-8-16-26(22)27;1-3-2;8*1-2/h3*3-19H,2H2,1H3;1-18H;3H2,1-2H3;8*1-2H3. The first kappa shape index (κ1) is 98.5. The van der Waals surface area contributed by atoms with E-state index < -0.39 is 0 Å². The Morgan fingerprint density at radius 1 is 0.135 bits per heavy atom. The number of hydrogen-bond donors (Lipinski definition) is 0. The van der Waals surface area contributed by atoms with E-state index >= 15 is 0 Å². The van der Waals surface area contributed by atoms with Gasteiger partial charge in [0.2, 0.25) is 0 Å². The molecule has 0 aliphatic heterocycles. The zero-order valence-electron chi connectivity index (χ0n) is 83.2. The molecule has 8 aliphatic rings. The first-order valence-electron chi connectivity index (χ1n) is 50.2. The highest BCUT2D eigenvalue weighted by molar-refractivity contribution is 5.97. The molecule has 672 valence electrons. The van der Waals surface area contributed by atoms with Crippen molar-refractivity contribution < 1.29 is 0 Å². The Balaban J connectivity index is 0.000000151. The lowest BCUT2D eigenvalue weighted by Crippen LogP contribution is -2.30. The monoisotopic (exact) mass is 1740 g/mol. The lowest BCUT2D eigenvalue weighted by Gasteiger charge is -2.35. The lowest BCUT2D eigenvalue weighted by molar-refractivity contribution is 0.764. The highest BCUT2D eigenvalue weighted by atomic mass is 14.5. The van der Waals surface area contributed by atoms with Crippen molar-refractivity contribution in [3.63, 3.8) is 0 Å². The molecule has 0 heterocycles. The minimum atomic E-state index is -0.284. The van der Waals surface area contributed by atoms with Gasteiger partial charge in [-0.3, -0.25) is 0 Å². The van der Waals surface area contributed by atoms with E-state index in [9.17, 15) is 0 Å². The van der Waals surface area contributed by atoms with E-state index in [2.05, 4.69) is 453 Å². The third-order valence-corrected chi connectivity index (χ3v) is 26.2. The van der Waals surface area contributed by atoms with Gasteiger partial charge >= 0.3 is 0 Å². The molecule has 0 nitrogen and oxygen atoms in total. The highest BCUT2D eigenvalue weighted by Gasteiger charge is 2.53. The van der Waals surface area contributed by atoms with E-state index in [1.54, 1.807) is 0 Å². The van der Waals surface area contributed by atoms with Gasteiger partial charge in [-0.1, -0.05) is 570 Å². The third kappa shape index (κ3) is 17.1. The van der Waals surface area contributed by atoms with Crippen molar-refractivity contribution in [3.8, 4) is 44.5 Å². The summed E-state index contributed by atoms with van der Waals surface area (Å²) in [5.41, 5.74) is 46.4. The molecule has 0 saturated carbocycles. The SMILES string of the molecule is C1=Cc2ccccc2C2(c3ccccc31)c1ccccc1-c1ccccc12.CC.CC.CC.CC.CC.CC.CC.CC.CCC.CCc1ccc2c(c1)C1(c3ccccc3C=C2)c2ccccc2-c2ccccc21.CCc1ccc2c(c1)C1(c3ccccc3C=Cc3ccccc31)c1ccccc1-2.CCc1ccc2c(c1)C=Cc1ccccc1C21c2ccccc2-c2ccccc21. The number of hydrogen-bond acceptors (Lipinski definition) is 0. The van der Waals surface area contributed by atoms with Gasteiger partial charge in [0.05, 0.1) is 21.7 Å². The summed E-state index contributed by atoms with van der Waals surface area (Å²) < 4.78 is 0. The number of aryl methyl sites for hydroxylation is 3. The molecule has 0 amide bonds. The minimum absolute atomic E-state index is 0.274. The van der Waals surface area contributed by atoms with Crippen molar-refractivity contribution >= 4 is 48.6 Å². The highest BCUT2D eigenvalue weighted by Crippen LogP contribution is 2.64. The number of benzene rings is 16. The third-order valence-electron chi connectivity index (χ3n) is 26.2. The van der Waals surface area contributed by atoms with Gasteiger partial charge in [0, 0.05) is 0 Å². The Hall–Kier alpha value is -13.5. The maximum Gasteiger partial charge on any atom is 0.0725 e. The van der Waals surface area contributed by atoms with Gasteiger partial charge in [-0.05, 0) is 214 Å². The van der Waals surface area contributed by atoms with Crippen LogP contribution in [0.3, 0.4) is 0 Å². The molecule has 0 heteroatoms. The molecule has 8 aliphatic carbocycles. The molecule has 0 bridgehead atoms. The van der Waals surface area contributed by atoms with Crippen molar-refractivity contribution in [1.29, 1.82) is 0 Å². The second-order valence-electron chi connectivity index (χ2n) is 32.2. The molecule has 0 N–H and O–H groups in total. The predicted octanol–water partition coefficient (Wildman–Crippen LogP) is 37.4. The second-order valence-corrected chi connectivity index (χ2v) is 32.2. The molecule has 16 aromatic rings. The molecule has 0 aromatic heterocycles. The molecule has 4 spiro atoms. The van der Waals surface area contributed by atoms with Crippen LogP contribution in [-0.4, -0.2) is 0 Å². The van der Waals surface area contributed by atoms with Crippen LogP contribution < -0.4 is 0 Å². The van der Waals surface area contributed by atoms with E-state index in [-0.39, 0.29) is 21.7 Å². The summed E-state index contributed by atoms with van der Waals surface area (Å²) in [6, 6.07) is 137. The maximum absolute atomic E-state index is 2.45. The molecule has 16 aromatic carbocycles. The van der Waals surface area contributed by atoms with Crippen LogP contribution in [0.15, 0.2) is 370 Å². The van der Waals surface area contributed by atoms with E-state index in [0.717, 1.165) is 19.3 Å². The lowest BCUT2D eigenvalue weighted by atomic mass is 9.66. The topological polar surface area (TPSA) is 0 Å². The summed E-state index contributed by atoms with van der Waals surface area (Å²) >= 11 is 0. The molecule has 0 atom stereocenters. The molecule has 0 unspecified atom stereocenters. The first-order chi connectivity index (χ1) is 65.8. The fourth-order valence-corrected chi connectivity index (χ4v) is 21.4. The Kier molecular flexibility index (Phi) is 34.1. The van der Waals surface area contributed by atoms with Gasteiger partial charge in [0.25, 0.3) is 0 Å². The number of rotatable bonds is 3. The average molecular weight is 1740 g/mol. The first-order valence-corrected chi connectivity index (χ1v) is 50.2. The summed E-state index contributed by atoms with van der Waals surface area (Å²) in [5, 5.41) is 0. The Bertz CT molecular complexity index is 6420. The molecular weight excluding hydrogens is 1600 g/mol. The summed E-state index contributed by atoms with van der Waals surface area (Å²) in [7, 11) is 0. The minimum Gasteiger partial charge on any atom is -0.0683 e. The Morgan fingerprint density at radius 2 is 0.293 bits per heavy atom. The van der Waals surface area contributed by atoms with Crippen molar-refractivity contribution in [3.05, 3.63) is 520 Å². The quantitative estimate of drug-likeness (QED) is 0.165. The summed E-state index contributed by atoms with van der Waals surface area (Å²) in [6.45, 7) is 43.0. The van der Waals surface area contributed by atoms with Gasteiger partial charge in [-0.2, -0.15) is 0 Å². The molecule has 133 heavy (non-hydrogen) atoms. The number of fused-ring (bicyclic) bond motifs is 36. The molecule has 0 saturated heterocycles. The summed E-state index contributed by atoms with van der Waals surface area (Å²) in [6.07, 6.45) is 22.7. The van der Waals surface area contributed by atoms with Crippen molar-refractivity contribution in [2.24, 2.45) is 0 Å². The average Bonchev–Trinajstić information content (AvgIpc) is 1.54. The molecule has 0 fully saturated rings. The summed E-state index contributed by atoms with van der Waals surface area (Å²) in [4.78, 5) is 0. The van der Waals surface area contributed by atoms with E-state index in [0.29, 0.717) is 0 Å². The van der Waals surface area contributed by atoms with Crippen LogP contribution in [0.4, 0.5) is 0 Å². The van der Waals surface area contributed by atoms with Crippen molar-refractivity contribution in [2.45, 2.75) is 193 Å². The van der Waals surface area contributed by atoms with E-state index in [4.69, 9.17) is 0 Å². The van der Waals surface area contributed by atoms with Gasteiger partial charge < -0.3 is 0 Å². The largest absolute Gasteiger partial charge is 0.0725 e. The normalized spacial score (nSPS) is 13.1. The van der Waals surface area contributed by atoms with Gasteiger partial charge in [0.1, 0.15) is 0 Å². The molecule has 24 rings (SSSR count). The van der Waals surface area contributed by atoms with Gasteiger partial charge in [-0.15, -0.1) is 0 Å². The van der Waals surface area contributed by atoms with Crippen LogP contribution >= 0.6 is 0 Å². The summed E-state index contributed by atoms with van der Waals surface area (Å²) in [5.74, 6) is 0. The van der Waals surface area contributed by atoms with E-state index in [1.807, 2.05) is 111 Å². The molecular formula is C133H140. The van der Waals surface area contributed by atoms with Crippen LogP contribution in [0.2, 0.25) is 0 Å². The zero-order valence-corrected chi connectivity index (χ0v) is 83.2. The predicted molar refractivity (Wildman–Crippen MR) is 586 cm³/mol.